The van der Waals surface area contributed by atoms with Crippen LogP contribution in [0.15, 0.2) is 36.9 Å². The summed E-state index contributed by atoms with van der Waals surface area (Å²) in [6.07, 6.45) is 2.11. The lowest BCUT2D eigenvalue weighted by Crippen LogP contribution is -2.51. The third-order valence-corrected chi connectivity index (χ3v) is 4.01. The molecule has 0 unspecified atom stereocenters. The molecule has 1 aromatic rings. The maximum Gasteiger partial charge on any atom is 0.234 e. The quantitative estimate of drug-likeness (QED) is 0.796. The molecule has 0 radical (unpaired) electrons. The van der Waals surface area contributed by atoms with Crippen LogP contribution in [-0.4, -0.2) is 60.9 Å². The number of nitrogens with zero attached hydrogens (tertiary/aromatic N) is 2. The second-order valence-electron chi connectivity index (χ2n) is 5.91. The fourth-order valence-electron chi connectivity index (χ4n) is 2.59. The van der Waals surface area contributed by atoms with Crippen LogP contribution >= 0.6 is 0 Å². The summed E-state index contributed by atoms with van der Waals surface area (Å²) in [5.41, 5.74) is 2.25. The number of rotatable bonds is 6. The first-order chi connectivity index (χ1) is 11.1. The lowest BCUT2D eigenvalue weighted by molar-refractivity contribution is -0.132. The number of nitrogens with one attached hydrogen (secondary N) is 1. The van der Waals surface area contributed by atoms with E-state index in [0.717, 1.165) is 18.7 Å². The number of benzene rings is 1. The van der Waals surface area contributed by atoms with Gasteiger partial charge in [-0.1, -0.05) is 35.9 Å². The van der Waals surface area contributed by atoms with Gasteiger partial charge in [-0.2, -0.15) is 0 Å². The van der Waals surface area contributed by atoms with Gasteiger partial charge in [-0.25, -0.2) is 0 Å². The molecule has 1 aromatic carbocycles. The van der Waals surface area contributed by atoms with Crippen molar-refractivity contribution < 1.29 is 9.59 Å². The molecular weight excluding hydrogens is 290 g/mol. The second kappa shape index (κ2) is 8.48. The van der Waals surface area contributed by atoms with Crippen LogP contribution in [-0.2, 0) is 16.0 Å². The summed E-state index contributed by atoms with van der Waals surface area (Å²) >= 11 is 0. The molecule has 0 saturated carbocycles. The Morgan fingerprint density at radius 2 is 1.83 bits per heavy atom. The molecule has 1 fully saturated rings. The van der Waals surface area contributed by atoms with Gasteiger partial charge in [0.25, 0.3) is 0 Å². The summed E-state index contributed by atoms with van der Waals surface area (Å²) < 4.78 is 0. The molecule has 1 aliphatic heterocycles. The number of piperazine rings is 1. The number of carbonyl (C=O) groups excluding carboxylic acids is 2. The van der Waals surface area contributed by atoms with Crippen molar-refractivity contribution in [1.82, 2.24) is 15.1 Å². The van der Waals surface area contributed by atoms with Crippen molar-refractivity contribution in [2.24, 2.45) is 0 Å². The van der Waals surface area contributed by atoms with Crippen LogP contribution < -0.4 is 5.32 Å². The number of hydrogen-bond donors (Lipinski definition) is 1. The average molecular weight is 315 g/mol. The van der Waals surface area contributed by atoms with Crippen LogP contribution in [0.5, 0.6) is 0 Å². The Morgan fingerprint density at radius 1 is 1.17 bits per heavy atom. The first kappa shape index (κ1) is 17.2. The Kier molecular flexibility index (Phi) is 6.35. The molecule has 23 heavy (non-hydrogen) atoms. The number of amides is 2. The number of aryl methyl sites for hydroxylation is 1. The third kappa shape index (κ3) is 5.53. The van der Waals surface area contributed by atoms with Gasteiger partial charge in [-0.15, -0.1) is 6.58 Å². The minimum atomic E-state index is 0.00401. The first-order valence-electron chi connectivity index (χ1n) is 8.02. The summed E-state index contributed by atoms with van der Waals surface area (Å²) in [5.74, 6) is 0.161. The van der Waals surface area contributed by atoms with Crippen LogP contribution in [0.25, 0.3) is 0 Å². The largest absolute Gasteiger partial charge is 0.352 e. The molecule has 5 heteroatoms. The van der Waals surface area contributed by atoms with Gasteiger partial charge in [0.1, 0.15) is 0 Å². The highest BCUT2D eigenvalue weighted by Crippen LogP contribution is 2.08. The summed E-state index contributed by atoms with van der Waals surface area (Å²) in [4.78, 5) is 28.0. The molecule has 1 N–H and O–H groups in total. The molecule has 1 heterocycles. The van der Waals surface area contributed by atoms with Gasteiger partial charge in [0, 0.05) is 32.7 Å². The molecule has 0 spiro atoms. The molecule has 0 atom stereocenters. The zero-order chi connectivity index (χ0) is 16.7. The van der Waals surface area contributed by atoms with E-state index in [2.05, 4.69) is 16.8 Å². The number of hydrogen-bond acceptors (Lipinski definition) is 3. The van der Waals surface area contributed by atoms with Crippen molar-refractivity contribution in [3.8, 4) is 0 Å². The lowest BCUT2D eigenvalue weighted by Gasteiger charge is -2.34. The van der Waals surface area contributed by atoms with E-state index in [9.17, 15) is 9.59 Å². The maximum atomic E-state index is 12.3. The highest BCUT2D eigenvalue weighted by molar-refractivity contribution is 5.79. The van der Waals surface area contributed by atoms with Crippen LogP contribution in [0, 0.1) is 6.92 Å². The molecular formula is C18H25N3O2. The molecule has 0 bridgehead atoms. The fraction of sp³-hybridized carbons (Fsp3) is 0.444. The van der Waals surface area contributed by atoms with E-state index in [1.54, 1.807) is 6.08 Å². The predicted molar refractivity (Wildman–Crippen MR) is 91.1 cm³/mol. The Hall–Kier alpha value is -2.14. The first-order valence-corrected chi connectivity index (χ1v) is 8.02. The van der Waals surface area contributed by atoms with Crippen molar-refractivity contribution in [3.05, 3.63) is 48.0 Å². The summed E-state index contributed by atoms with van der Waals surface area (Å²) in [5, 5.41) is 2.77. The summed E-state index contributed by atoms with van der Waals surface area (Å²) in [7, 11) is 0. The van der Waals surface area contributed by atoms with Crippen LogP contribution in [0.4, 0.5) is 0 Å². The topological polar surface area (TPSA) is 52.7 Å². The van der Waals surface area contributed by atoms with E-state index in [1.807, 2.05) is 36.1 Å². The van der Waals surface area contributed by atoms with Gasteiger partial charge in [-0.05, 0) is 12.5 Å². The highest BCUT2D eigenvalue weighted by atomic mass is 16.2. The van der Waals surface area contributed by atoms with Crippen molar-refractivity contribution in [3.63, 3.8) is 0 Å². The van der Waals surface area contributed by atoms with Crippen molar-refractivity contribution in [2.75, 3.05) is 39.3 Å². The minimum absolute atomic E-state index is 0.00401. The van der Waals surface area contributed by atoms with Crippen LogP contribution in [0.1, 0.15) is 11.1 Å². The van der Waals surface area contributed by atoms with Gasteiger partial charge < -0.3 is 10.2 Å². The zero-order valence-electron chi connectivity index (χ0n) is 13.8. The molecule has 0 aromatic heterocycles. The molecule has 2 amide bonds. The highest BCUT2D eigenvalue weighted by Gasteiger charge is 2.22. The molecule has 1 saturated heterocycles. The fourth-order valence-corrected chi connectivity index (χ4v) is 2.59. The smallest absolute Gasteiger partial charge is 0.234 e. The predicted octanol–water partition coefficient (Wildman–Crippen LogP) is 0.984. The SMILES string of the molecule is C=CCNC(=O)CN1CCN(C(=O)Cc2ccc(C)cc2)CC1. The van der Waals surface area contributed by atoms with Gasteiger partial charge >= 0.3 is 0 Å². The molecule has 2 rings (SSSR count). The van der Waals surface area contributed by atoms with Gasteiger partial charge in [0.05, 0.1) is 13.0 Å². The molecule has 0 aliphatic carbocycles. The van der Waals surface area contributed by atoms with Crippen LogP contribution in [0.3, 0.4) is 0 Å². The van der Waals surface area contributed by atoms with Crippen molar-refractivity contribution in [2.45, 2.75) is 13.3 Å². The van der Waals surface area contributed by atoms with E-state index < -0.39 is 0 Å². The Balaban J connectivity index is 1.75. The Bertz CT molecular complexity index is 546. The van der Waals surface area contributed by atoms with Crippen LogP contribution in [0.2, 0.25) is 0 Å². The standard InChI is InChI=1S/C18H25N3O2/c1-3-8-19-17(22)14-20-9-11-21(12-10-20)18(23)13-16-6-4-15(2)5-7-16/h3-7H,1,8-14H2,2H3,(H,19,22). The summed E-state index contributed by atoms with van der Waals surface area (Å²) in [6, 6.07) is 8.08. The number of carbonyl (C=O) groups is 2. The Morgan fingerprint density at radius 3 is 2.43 bits per heavy atom. The van der Waals surface area contributed by atoms with E-state index in [0.29, 0.717) is 32.6 Å². The molecule has 1 aliphatic rings. The van der Waals surface area contributed by atoms with Crippen molar-refractivity contribution in [1.29, 1.82) is 0 Å². The van der Waals surface area contributed by atoms with E-state index in [-0.39, 0.29) is 11.8 Å². The van der Waals surface area contributed by atoms with E-state index in [1.165, 1.54) is 5.56 Å². The third-order valence-electron chi connectivity index (χ3n) is 4.01. The van der Waals surface area contributed by atoms with Gasteiger partial charge in [0.15, 0.2) is 0 Å². The zero-order valence-corrected chi connectivity index (χ0v) is 13.8. The second-order valence-corrected chi connectivity index (χ2v) is 5.91. The normalized spacial score (nSPS) is 15.3. The average Bonchev–Trinajstić information content (AvgIpc) is 2.55. The summed E-state index contributed by atoms with van der Waals surface area (Å²) in [6.45, 7) is 9.32. The van der Waals surface area contributed by atoms with E-state index >= 15 is 0 Å². The minimum Gasteiger partial charge on any atom is -0.352 e. The molecule has 124 valence electrons. The monoisotopic (exact) mass is 315 g/mol. The van der Waals surface area contributed by atoms with Gasteiger partial charge in [-0.3, -0.25) is 14.5 Å². The Labute approximate surface area is 138 Å². The van der Waals surface area contributed by atoms with Gasteiger partial charge in [0.2, 0.25) is 11.8 Å². The van der Waals surface area contributed by atoms with Crippen molar-refractivity contribution >= 4 is 11.8 Å². The lowest BCUT2D eigenvalue weighted by atomic mass is 10.1. The van der Waals surface area contributed by atoms with E-state index in [4.69, 9.17) is 0 Å². The maximum absolute atomic E-state index is 12.3. The molecule has 5 nitrogen and oxygen atoms in total.